The first-order chi connectivity index (χ1) is 2.41. The van der Waals surface area contributed by atoms with Crippen molar-refractivity contribution in [2.45, 2.75) is 24.1 Å². The normalized spacial score (nSPS) is 4.25. The molecule has 0 amide bonds. The van der Waals surface area contributed by atoms with Gasteiger partial charge in [-0.05, 0) is 0 Å². The van der Waals surface area contributed by atoms with Gasteiger partial charge in [0.25, 0.3) is 0 Å². The monoisotopic (exact) mass is 214 g/mol. The quantitative estimate of drug-likeness (QED) is 0.430. The number of halogens is 3. The zero-order valence-electron chi connectivity index (χ0n) is 5.00. The molecule has 0 saturated heterocycles. The van der Waals surface area contributed by atoms with Crippen molar-refractivity contribution < 1.29 is 53.5 Å². The molecule has 0 atom stereocenters. The molecule has 0 heterocycles. The van der Waals surface area contributed by atoms with Gasteiger partial charge < -0.3 is 37.2 Å². The van der Waals surface area contributed by atoms with Crippen molar-refractivity contribution in [3.8, 4) is 0 Å². The van der Waals surface area contributed by atoms with Gasteiger partial charge in [0.05, 0.1) is 0 Å². The summed E-state index contributed by atoms with van der Waals surface area (Å²) in [5.41, 5.74) is 0. The summed E-state index contributed by atoms with van der Waals surface area (Å²) in [4.78, 5) is 0. The van der Waals surface area contributed by atoms with Crippen LogP contribution in [-0.4, -0.2) is 0 Å². The molecule has 0 fully saturated rings. The minimum atomic E-state index is 0. The van der Waals surface area contributed by atoms with Crippen LogP contribution in [0.3, 0.4) is 0 Å². The van der Waals surface area contributed by atoms with Crippen molar-refractivity contribution in [1.29, 1.82) is 0 Å². The van der Waals surface area contributed by atoms with E-state index in [9.17, 15) is 0 Å². The van der Waals surface area contributed by atoms with Gasteiger partial charge in [-0.2, -0.15) is 0 Å². The predicted molar refractivity (Wildman–Crippen MR) is 21.0 cm³/mol. The predicted octanol–water partition coefficient (Wildman–Crippen LogP) is -7.04. The molecule has 0 bridgehead atoms. The van der Waals surface area contributed by atoms with E-state index in [1.54, 1.807) is 0 Å². The number of hydrogen-bond donors (Lipinski definition) is 0. The molecule has 8 heavy (non-hydrogen) atoms. The van der Waals surface area contributed by atoms with Gasteiger partial charge in [0.15, 0.2) is 0 Å². The molecule has 0 aromatic carbocycles. The van der Waals surface area contributed by atoms with E-state index in [0.29, 0.717) is 0 Å². The summed E-state index contributed by atoms with van der Waals surface area (Å²) in [5.74, 6) is 0. The van der Waals surface area contributed by atoms with Crippen molar-refractivity contribution in [1.82, 2.24) is 0 Å². The summed E-state index contributed by atoms with van der Waals surface area (Å²) >= 11 is 0.743. The summed E-state index contributed by atoms with van der Waals surface area (Å²) in [5, 5.41) is 2.88. The Morgan fingerprint density at radius 2 is 1.12 bits per heavy atom. The molecule has 0 aliphatic rings. The number of hydrogen-bond acceptors (Lipinski definition) is 0. The largest absolute Gasteiger partial charge is 1.00 e. The average molecular weight is 215 g/mol. The van der Waals surface area contributed by atoms with Gasteiger partial charge in [-0.25, -0.2) is 0 Å². The van der Waals surface area contributed by atoms with E-state index < -0.39 is 0 Å². The van der Waals surface area contributed by atoms with E-state index in [2.05, 4.69) is 13.8 Å². The van der Waals surface area contributed by atoms with Crippen LogP contribution in [0, 0.1) is 0 Å². The Labute approximate surface area is 77.5 Å². The summed E-state index contributed by atoms with van der Waals surface area (Å²) in [6, 6.07) is 0. The van der Waals surface area contributed by atoms with Crippen molar-refractivity contribution in [3.63, 3.8) is 0 Å². The summed E-state index contributed by atoms with van der Waals surface area (Å²) in [6.45, 7) is 4.51. The Kier molecular flexibility index (Phi) is 67.2. The van der Waals surface area contributed by atoms with Crippen molar-refractivity contribution in [2.75, 3.05) is 0 Å². The van der Waals surface area contributed by atoms with E-state index in [-0.39, 0.29) is 37.2 Å². The molecule has 0 aromatic rings. The van der Waals surface area contributed by atoms with Crippen LogP contribution in [0.4, 0.5) is 0 Å². The van der Waals surface area contributed by atoms with Crippen molar-refractivity contribution >= 4 is 0 Å². The van der Waals surface area contributed by atoms with Gasteiger partial charge in [-0.3, -0.25) is 0 Å². The van der Waals surface area contributed by atoms with Crippen LogP contribution in [0.2, 0.25) is 10.3 Å². The smallest absolute Gasteiger partial charge is 1.00 e. The molecule has 0 unspecified atom stereocenters. The molecule has 0 aliphatic heterocycles. The molecule has 0 N–H and O–H groups in total. The van der Waals surface area contributed by atoms with E-state index in [1.165, 1.54) is 10.3 Å². The first-order valence-corrected chi connectivity index (χ1v) is 4.02. The fourth-order valence-electron chi connectivity index (χ4n) is 0.224. The zero-order chi connectivity index (χ0) is 4.12. The number of rotatable bonds is 2. The molecule has 0 spiro atoms. The Balaban J connectivity index is -0.0000000267. The summed E-state index contributed by atoms with van der Waals surface area (Å²) in [7, 11) is 0. The van der Waals surface area contributed by atoms with Gasteiger partial charge in [0.2, 0.25) is 0 Å². The molecular weight excluding hydrogens is 205 g/mol. The maximum atomic E-state index is 2.25. The van der Waals surface area contributed by atoms with E-state index >= 15 is 0 Å². The molecule has 0 radical (unpaired) electrons. The van der Waals surface area contributed by atoms with Gasteiger partial charge >= 0.3 is 40.4 Å². The Bertz CT molecular complexity index is 18.8. The minimum absolute atomic E-state index is 0. The molecule has 0 aromatic heterocycles. The van der Waals surface area contributed by atoms with Crippen molar-refractivity contribution in [3.05, 3.63) is 0 Å². The van der Waals surface area contributed by atoms with Gasteiger partial charge in [0.1, 0.15) is 0 Å². The third-order valence-corrected chi connectivity index (χ3v) is 1.84. The van der Waals surface area contributed by atoms with E-state index in [0.717, 1.165) is 16.3 Å². The fourth-order valence-corrected chi connectivity index (χ4v) is 0.922. The third-order valence-electron chi connectivity index (χ3n) is 0.447. The van der Waals surface area contributed by atoms with Gasteiger partial charge in [-0.1, -0.05) is 0 Å². The molecular formula is C4H10Cl3V. The van der Waals surface area contributed by atoms with Crippen LogP contribution in [-0.2, 0) is 16.3 Å². The second-order valence-corrected chi connectivity index (χ2v) is 3.53. The molecule has 0 rings (SSSR count). The van der Waals surface area contributed by atoms with Crippen LogP contribution < -0.4 is 37.2 Å². The van der Waals surface area contributed by atoms with Crippen LogP contribution in [0.25, 0.3) is 0 Å². The van der Waals surface area contributed by atoms with Crippen molar-refractivity contribution in [2.24, 2.45) is 0 Å². The Hall–Kier alpha value is 1.45. The SMILES string of the molecule is C[CH2][V+3][CH2]C.[Cl-].[Cl-].[Cl-]. The second kappa shape index (κ2) is 23.7. The standard InChI is InChI=1S/2C2H5.3ClH.V/c2*1-2;;;;/h2*1H2,2H3;3*1H;/q;;;;;+3/p-3. The van der Waals surface area contributed by atoms with Crippen LogP contribution in [0.15, 0.2) is 0 Å². The molecule has 0 nitrogen and oxygen atoms in total. The van der Waals surface area contributed by atoms with Gasteiger partial charge in [-0.15, -0.1) is 0 Å². The van der Waals surface area contributed by atoms with Crippen LogP contribution in [0.1, 0.15) is 13.8 Å². The minimum Gasteiger partial charge on any atom is -1.00 e. The first-order valence-electron chi connectivity index (χ1n) is 2.05. The maximum Gasteiger partial charge on any atom is -1.00 e. The van der Waals surface area contributed by atoms with E-state index in [1.807, 2.05) is 0 Å². The molecule has 0 saturated carbocycles. The summed E-state index contributed by atoms with van der Waals surface area (Å²) < 4.78 is 0. The van der Waals surface area contributed by atoms with Crippen LogP contribution >= 0.6 is 0 Å². The molecule has 52 valence electrons. The second-order valence-electron chi connectivity index (χ2n) is 0.856. The Morgan fingerprint density at radius 1 is 0.875 bits per heavy atom. The molecule has 4 heteroatoms. The fraction of sp³-hybridized carbons (Fsp3) is 1.00. The third kappa shape index (κ3) is 26.0. The average Bonchev–Trinajstić information content (AvgIpc) is 1.41. The maximum absolute atomic E-state index is 2.25. The topological polar surface area (TPSA) is 0 Å². The van der Waals surface area contributed by atoms with Gasteiger partial charge in [0, 0.05) is 0 Å². The van der Waals surface area contributed by atoms with Crippen LogP contribution in [0.5, 0.6) is 0 Å². The summed E-state index contributed by atoms with van der Waals surface area (Å²) in [6.07, 6.45) is 0. The zero-order valence-corrected chi connectivity index (χ0v) is 8.66. The molecule has 0 aliphatic carbocycles. The van der Waals surface area contributed by atoms with E-state index in [4.69, 9.17) is 0 Å². The Morgan fingerprint density at radius 3 is 1.12 bits per heavy atom. The first kappa shape index (κ1) is 22.7.